The quantitative estimate of drug-likeness (QED) is 0.0566. The van der Waals surface area contributed by atoms with E-state index < -0.39 is 41.5 Å². The first kappa shape index (κ1) is 40.4. The van der Waals surface area contributed by atoms with Gasteiger partial charge >= 0.3 is 0 Å². The van der Waals surface area contributed by atoms with Crippen LogP contribution in [0.25, 0.3) is 17.1 Å². The van der Waals surface area contributed by atoms with Crippen molar-refractivity contribution >= 4 is 58.5 Å². The number of anilines is 3. The zero-order chi connectivity index (χ0) is 42.3. The minimum atomic E-state index is -1.05. The molecule has 1 unspecified atom stereocenters. The summed E-state index contributed by atoms with van der Waals surface area (Å²) in [5.74, 6) is -3.84. The van der Waals surface area contributed by atoms with E-state index in [1.807, 2.05) is 0 Å². The van der Waals surface area contributed by atoms with Crippen LogP contribution < -0.4 is 32.7 Å². The van der Waals surface area contributed by atoms with Crippen molar-refractivity contribution < 1.29 is 47.5 Å². The molecule has 0 bridgehead atoms. The molecular formula is C39H37N11O10. The van der Waals surface area contributed by atoms with Crippen molar-refractivity contribution in [3.05, 3.63) is 101 Å². The molecule has 8 N–H and O–H groups in total. The fourth-order valence-corrected chi connectivity index (χ4v) is 6.40. The number of oxazole rings is 1. The Kier molecular flexibility index (Phi) is 12.0. The van der Waals surface area contributed by atoms with Gasteiger partial charge < -0.3 is 41.3 Å². The van der Waals surface area contributed by atoms with Gasteiger partial charge in [0.05, 0.1) is 55.1 Å². The van der Waals surface area contributed by atoms with Gasteiger partial charge in [-0.2, -0.15) is 5.10 Å². The molecule has 5 aromatic rings. The molecule has 3 aromatic heterocycles. The van der Waals surface area contributed by atoms with Crippen molar-refractivity contribution in [2.75, 3.05) is 55.9 Å². The van der Waals surface area contributed by atoms with Gasteiger partial charge in [0.15, 0.2) is 11.4 Å². The average Bonchev–Trinajstić information content (AvgIpc) is 3.96. The van der Waals surface area contributed by atoms with Gasteiger partial charge in [-0.25, -0.2) is 14.6 Å². The highest BCUT2D eigenvalue weighted by Gasteiger charge is 2.45. The summed E-state index contributed by atoms with van der Waals surface area (Å²) in [6, 6.07) is 13.2. The van der Waals surface area contributed by atoms with Gasteiger partial charge in [-0.1, -0.05) is 6.07 Å². The number of fused-ring (bicyclic) bond motifs is 1. The van der Waals surface area contributed by atoms with Gasteiger partial charge in [0.2, 0.25) is 17.7 Å². The Morgan fingerprint density at radius 2 is 1.68 bits per heavy atom. The van der Waals surface area contributed by atoms with Crippen LogP contribution >= 0.6 is 0 Å². The Morgan fingerprint density at radius 1 is 0.917 bits per heavy atom. The highest BCUT2D eigenvalue weighted by Crippen LogP contribution is 2.32. The first-order chi connectivity index (χ1) is 29.0. The summed E-state index contributed by atoms with van der Waals surface area (Å²) < 4.78 is 17.9. The van der Waals surface area contributed by atoms with Gasteiger partial charge in [0, 0.05) is 42.5 Å². The predicted molar refractivity (Wildman–Crippen MR) is 210 cm³/mol. The molecule has 0 spiro atoms. The zero-order valence-corrected chi connectivity index (χ0v) is 31.6. The molecule has 21 nitrogen and oxygen atoms in total. The molecule has 2 aliphatic rings. The number of ether oxygens (including phenoxy) is 2. The molecule has 60 heavy (non-hydrogen) atoms. The van der Waals surface area contributed by atoms with E-state index in [2.05, 4.69) is 36.3 Å². The maximum atomic E-state index is 13.2. The first-order valence-corrected chi connectivity index (χ1v) is 18.5. The Morgan fingerprint density at radius 3 is 2.42 bits per heavy atom. The zero-order valence-electron chi connectivity index (χ0n) is 31.6. The highest BCUT2D eigenvalue weighted by molar-refractivity contribution is 6.25. The van der Waals surface area contributed by atoms with E-state index in [-0.39, 0.29) is 91.6 Å². The second-order valence-corrected chi connectivity index (χ2v) is 13.3. The van der Waals surface area contributed by atoms with E-state index in [9.17, 15) is 33.6 Å². The first-order valence-electron chi connectivity index (χ1n) is 18.5. The van der Waals surface area contributed by atoms with Gasteiger partial charge in [-0.05, 0) is 55.0 Å². The molecule has 5 heterocycles. The molecule has 308 valence electrons. The summed E-state index contributed by atoms with van der Waals surface area (Å²) in [6.45, 7) is 1.50. The molecule has 21 heteroatoms. The third kappa shape index (κ3) is 8.85. The number of primary amides is 1. The van der Waals surface area contributed by atoms with Gasteiger partial charge in [0.1, 0.15) is 18.1 Å². The lowest BCUT2D eigenvalue weighted by atomic mass is 10.0. The lowest BCUT2D eigenvalue weighted by Crippen LogP contribution is -2.54. The number of piperidine rings is 1. The standard InChI is InChI=1S/C39H37N11O10/c40-29-18-22(10-11-43-29)37-46-27(20-60-37)35(54)45-26-19-49(48-32(26)33(41)52)23-6-4-21(5-7-23)34(53)44-13-15-59-17-16-58-14-12-42-25-3-1-2-24-31(25)39(57)50(38(24)56)28-8-9-30(51)47-36(28)55/h1-7,10-11,18-20,28,42H,8-9,12-17H2,(H2,40,43)(H2,41,52)(H,44,53)(H,45,54)(H,47,51,55). The lowest BCUT2D eigenvalue weighted by Gasteiger charge is -2.27. The number of imide groups is 2. The van der Waals surface area contributed by atoms with Crippen LogP contribution in [0, 0.1) is 0 Å². The molecule has 1 atom stereocenters. The van der Waals surface area contributed by atoms with Crippen LogP contribution in [-0.4, -0.2) is 112 Å². The van der Waals surface area contributed by atoms with Crippen LogP contribution in [0.5, 0.6) is 0 Å². The topological polar surface area (TPSA) is 298 Å². The summed E-state index contributed by atoms with van der Waals surface area (Å²) in [6.07, 6.45) is 4.13. The average molecular weight is 820 g/mol. The number of pyridine rings is 1. The van der Waals surface area contributed by atoms with E-state index in [1.54, 1.807) is 42.5 Å². The second-order valence-electron chi connectivity index (χ2n) is 13.3. The maximum Gasteiger partial charge on any atom is 0.277 e. The van der Waals surface area contributed by atoms with Gasteiger partial charge in [0.25, 0.3) is 29.5 Å². The van der Waals surface area contributed by atoms with E-state index in [0.29, 0.717) is 29.0 Å². The molecule has 2 aromatic carbocycles. The molecular weight excluding hydrogens is 782 g/mol. The third-order valence-corrected chi connectivity index (χ3v) is 9.29. The normalized spacial score (nSPS) is 14.8. The second kappa shape index (κ2) is 17.8. The van der Waals surface area contributed by atoms with Crippen LogP contribution in [0.1, 0.15) is 64.9 Å². The number of hydrogen-bond acceptors (Lipinski definition) is 15. The summed E-state index contributed by atoms with van der Waals surface area (Å²) in [7, 11) is 0. The predicted octanol–water partition coefficient (Wildman–Crippen LogP) is 1.13. The fourth-order valence-electron chi connectivity index (χ4n) is 6.40. The minimum absolute atomic E-state index is 0.0298. The Balaban J connectivity index is 0.813. The van der Waals surface area contributed by atoms with Crippen LogP contribution in [0.4, 0.5) is 17.2 Å². The molecule has 0 saturated carbocycles. The van der Waals surface area contributed by atoms with Crippen molar-refractivity contribution in [2.45, 2.75) is 18.9 Å². The SMILES string of the molecule is NC(=O)c1nn(-c2ccc(C(=O)NCCOCCOCCNc3cccc4c3C(=O)N(C3CCC(=O)NC3=O)C4=O)cc2)cc1NC(=O)c1coc(-c2ccnc(N)c2)n1. The summed E-state index contributed by atoms with van der Waals surface area (Å²) in [4.78, 5) is 97.0. The highest BCUT2D eigenvalue weighted by atomic mass is 16.5. The molecule has 1 fully saturated rings. The molecule has 7 amide bonds. The number of nitrogen functional groups attached to an aromatic ring is 1. The molecule has 0 aliphatic carbocycles. The molecule has 0 radical (unpaired) electrons. The van der Waals surface area contributed by atoms with Crippen molar-refractivity contribution in [3.63, 3.8) is 0 Å². The van der Waals surface area contributed by atoms with Gasteiger partial charge in [-0.15, -0.1) is 0 Å². The van der Waals surface area contributed by atoms with E-state index in [0.717, 1.165) is 11.2 Å². The number of nitrogens with zero attached hydrogens (tertiary/aromatic N) is 5. The van der Waals surface area contributed by atoms with Crippen molar-refractivity contribution in [3.8, 4) is 17.1 Å². The number of carbonyl (C=O) groups excluding carboxylic acids is 7. The lowest BCUT2D eigenvalue weighted by molar-refractivity contribution is -0.136. The number of rotatable bonds is 17. The molecule has 1 saturated heterocycles. The number of aromatic nitrogens is 4. The fraction of sp³-hybridized carbons (Fsp3) is 0.231. The van der Waals surface area contributed by atoms with Crippen LogP contribution in [0.2, 0.25) is 0 Å². The number of carbonyl (C=O) groups is 7. The number of nitrogens with two attached hydrogens (primary N) is 2. The third-order valence-electron chi connectivity index (χ3n) is 9.29. The number of nitrogens with one attached hydrogen (secondary N) is 4. The van der Waals surface area contributed by atoms with Crippen molar-refractivity contribution in [1.82, 2.24) is 35.3 Å². The van der Waals surface area contributed by atoms with Crippen LogP contribution in [0.3, 0.4) is 0 Å². The largest absolute Gasteiger partial charge is 0.444 e. The van der Waals surface area contributed by atoms with Crippen molar-refractivity contribution in [2.24, 2.45) is 5.73 Å². The number of benzene rings is 2. The van der Waals surface area contributed by atoms with E-state index >= 15 is 0 Å². The smallest absolute Gasteiger partial charge is 0.277 e. The Hall–Kier alpha value is -7.78. The maximum absolute atomic E-state index is 13.2. The Labute approximate surface area is 339 Å². The van der Waals surface area contributed by atoms with Crippen LogP contribution in [0.15, 0.2) is 77.7 Å². The Bertz CT molecular complexity index is 2500. The minimum Gasteiger partial charge on any atom is -0.444 e. The van der Waals surface area contributed by atoms with Crippen molar-refractivity contribution in [1.29, 1.82) is 0 Å². The summed E-state index contributed by atoms with van der Waals surface area (Å²) in [5.41, 5.74) is 13.1. The summed E-state index contributed by atoms with van der Waals surface area (Å²) in [5, 5.41) is 14.8. The monoisotopic (exact) mass is 819 g/mol. The molecule has 2 aliphatic heterocycles. The molecule has 7 rings (SSSR count). The van der Waals surface area contributed by atoms with E-state index in [1.165, 1.54) is 29.2 Å². The number of amides is 7. The summed E-state index contributed by atoms with van der Waals surface area (Å²) >= 11 is 0. The number of hydrogen-bond donors (Lipinski definition) is 6. The van der Waals surface area contributed by atoms with Crippen LogP contribution in [-0.2, 0) is 19.1 Å². The van der Waals surface area contributed by atoms with E-state index in [4.69, 9.17) is 25.4 Å². The van der Waals surface area contributed by atoms with Gasteiger partial charge in [-0.3, -0.25) is 43.8 Å².